The number of rotatable bonds is 3. The van der Waals surface area contributed by atoms with E-state index in [9.17, 15) is 0 Å². The van der Waals surface area contributed by atoms with Crippen molar-refractivity contribution in [3.8, 4) is 0 Å². The minimum absolute atomic E-state index is 0. The molecule has 117 valence electrons. The van der Waals surface area contributed by atoms with Crippen LogP contribution in [0.5, 0.6) is 0 Å². The quantitative estimate of drug-likeness (QED) is 0.503. The zero-order valence-corrected chi connectivity index (χ0v) is 17.4. The van der Waals surface area contributed by atoms with E-state index in [0.717, 1.165) is 0 Å². The molecule has 0 unspecified atom stereocenters. The molecule has 3 nitrogen and oxygen atoms in total. The molecule has 0 saturated heterocycles. The van der Waals surface area contributed by atoms with Crippen molar-refractivity contribution in [2.24, 2.45) is 0 Å². The molecule has 0 spiro atoms. The Morgan fingerprint density at radius 3 is 1.04 bits per heavy atom. The van der Waals surface area contributed by atoms with Crippen molar-refractivity contribution in [3.63, 3.8) is 0 Å². The Bertz CT molecular complexity index is 563. The van der Waals surface area contributed by atoms with Crippen molar-refractivity contribution in [3.05, 3.63) is 91.0 Å². The van der Waals surface area contributed by atoms with Crippen LogP contribution in [0.4, 0.5) is 0 Å². The summed E-state index contributed by atoms with van der Waals surface area (Å²) >= 11 is 0. The Labute approximate surface area is 189 Å². The Kier molecular flexibility index (Phi) is 13.6. The maximum Gasteiger partial charge on any atom is 1.00 e. The van der Waals surface area contributed by atoms with Gasteiger partial charge in [-0.05, 0) is 36.4 Å². The van der Waals surface area contributed by atoms with Crippen LogP contribution in [0.1, 0.15) is 0 Å². The number of hydrogen-bond acceptors (Lipinski definition) is 3. The molecule has 24 heavy (non-hydrogen) atoms. The first-order chi connectivity index (χ1) is 10.9. The van der Waals surface area contributed by atoms with Gasteiger partial charge >= 0.3 is 51.4 Å². The average Bonchev–Trinajstić information content (AvgIpc) is 2.59. The zero-order valence-electron chi connectivity index (χ0n) is 13.4. The van der Waals surface area contributed by atoms with Crippen LogP contribution < -0.4 is 56.4 Å². The molecule has 0 saturated carbocycles. The van der Waals surface area contributed by atoms with Crippen LogP contribution in [0.3, 0.4) is 0 Å². The van der Waals surface area contributed by atoms with Crippen molar-refractivity contribution in [2.45, 2.75) is 14.7 Å². The summed E-state index contributed by atoms with van der Waals surface area (Å²) in [5.41, 5.74) is 0. The number of benzene rings is 3. The molecule has 0 fully saturated rings. The summed E-state index contributed by atoms with van der Waals surface area (Å²) in [6, 6.07) is 32.2. The van der Waals surface area contributed by atoms with E-state index in [1.54, 1.807) is 0 Å². The molecule has 0 aliphatic carbocycles. The zero-order chi connectivity index (χ0) is 15.6. The van der Waals surface area contributed by atoms with Crippen LogP contribution >= 0.6 is 0 Å². The molecule has 0 amide bonds. The summed E-state index contributed by atoms with van der Waals surface area (Å²) in [5.74, 6) is 0. The monoisotopic (exact) mass is 363 g/mol. The van der Waals surface area contributed by atoms with E-state index in [4.69, 9.17) is 10.0 Å². The molecular weight excluding hydrogens is 346 g/mol. The van der Waals surface area contributed by atoms with Gasteiger partial charge in [0.1, 0.15) is 0 Å². The van der Waals surface area contributed by atoms with Gasteiger partial charge < -0.3 is 15.5 Å². The van der Waals surface area contributed by atoms with Crippen LogP contribution in [0.25, 0.3) is 0 Å². The fourth-order valence-electron chi connectivity index (χ4n) is 2.08. The van der Waals surface area contributed by atoms with Gasteiger partial charge in [-0.1, -0.05) is 54.6 Å². The molecule has 0 aliphatic rings. The van der Waals surface area contributed by atoms with Crippen LogP contribution in [0.2, 0.25) is 0 Å². The van der Waals surface area contributed by atoms with E-state index in [0.29, 0.717) is 0 Å². The van der Waals surface area contributed by atoms with Crippen molar-refractivity contribution in [1.82, 2.24) is 0 Å². The molecular formula is C18H17BKO3S. The molecule has 3 rings (SSSR count). The Morgan fingerprint density at radius 1 is 0.625 bits per heavy atom. The second-order valence-corrected chi connectivity index (χ2v) is 6.38. The fourth-order valence-corrected chi connectivity index (χ4v) is 4.18. The molecule has 2 N–H and O–H groups in total. The van der Waals surface area contributed by atoms with Crippen LogP contribution in [-0.4, -0.2) is 18.2 Å². The minimum atomic E-state index is -0.250. The molecule has 1 radical (unpaired) electrons. The van der Waals surface area contributed by atoms with Gasteiger partial charge in [0.2, 0.25) is 0 Å². The SMILES string of the molecule is [K+].[O-][B]O.[OH-].c1ccc([S+](c2ccccc2)c2ccccc2)cc1. The van der Waals surface area contributed by atoms with Gasteiger partial charge in [0.05, 0.1) is 10.9 Å². The summed E-state index contributed by atoms with van der Waals surface area (Å²) in [5, 5.41) is 15.2. The average molecular weight is 363 g/mol. The van der Waals surface area contributed by atoms with Gasteiger partial charge in [-0.2, -0.15) is 0 Å². The standard InChI is InChI=1S/C18H15S.BHO2.K.H2O/c1-4-10-16(11-5-1)19(17-12-6-2-7-13-17)18-14-8-3-9-15-18;2-1-3;;/h1-15H;2H;;1H2/q+1;-1;+1;/p-1. The van der Waals surface area contributed by atoms with Crippen LogP contribution in [0.15, 0.2) is 106 Å². The first-order valence-electron chi connectivity index (χ1n) is 6.84. The maximum absolute atomic E-state index is 8.36. The first kappa shape index (κ1) is 23.6. The summed E-state index contributed by atoms with van der Waals surface area (Å²) in [6.07, 6.45) is 0. The van der Waals surface area contributed by atoms with Crippen molar-refractivity contribution < 1.29 is 66.9 Å². The van der Waals surface area contributed by atoms with Gasteiger partial charge in [0.25, 0.3) is 0 Å². The van der Waals surface area contributed by atoms with E-state index < -0.39 is 0 Å². The van der Waals surface area contributed by atoms with E-state index in [-0.39, 0.29) is 75.4 Å². The van der Waals surface area contributed by atoms with E-state index >= 15 is 0 Å². The Morgan fingerprint density at radius 2 is 0.833 bits per heavy atom. The van der Waals surface area contributed by atoms with Gasteiger partial charge in [-0.3, -0.25) is 0 Å². The summed E-state index contributed by atoms with van der Waals surface area (Å²) in [7, 11) is -0.265. The van der Waals surface area contributed by atoms with Gasteiger partial charge in [0, 0.05) is 0 Å². The Hall–Kier alpha value is -0.409. The molecule has 3 aromatic rings. The third kappa shape index (κ3) is 7.23. The Balaban J connectivity index is 0.000000988. The predicted octanol–water partition coefficient (Wildman–Crippen LogP) is -0.518. The summed E-state index contributed by atoms with van der Waals surface area (Å²) in [6.45, 7) is 0. The fraction of sp³-hybridized carbons (Fsp3) is 0. The van der Waals surface area contributed by atoms with Crippen molar-refractivity contribution >= 4 is 18.6 Å². The molecule has 0 atom stereocenters. The molecule has 0 aromatic heterocycles. The number of hydrogen-bond donors (Lipinski definition) is 1. The molecule has 0 heterocycles. The maximum atomic E-state index is 8.36. The van der Waals surface area contributed by atoms with Crippen LogP contribution in [0, 0.1) is 0 Å². The molecule has 0 bridgehead atoms. The largest absolute Gasteiger partial charge is 1.00 e. The third-order valence-corrected chi connectivity index (χ3v) is 5.17. The van der Waals surface area contributed by atoms with Crippen molar-refractivity contribution in [1.29, 1.82) is 0 Å². The second-order valence-electron chi connectivity index (χ2n) is 4.35. The van der Waals surface area contributed by atoms with Gasteiger partial charge in [-0.15, -0.1) is 0 Å². The summed E-state index contributed by atoms with van der Waals surface area (Å²) < 4.78 is 0. The molecule has 6 heteroatoms. The van der Waals surface area contributed by atoms with Crippen LogP contribution in [-0.2, 0) is 10.9 Å². The second kappa shape index (κ2) is 13.8. The minimum Gasteiger partial charge on any atom is -0.870 e. The van der Waals surface area contributed by atoms with E-state index in [2.05, 4.69) is 91.0 Å². The molecule has 3 aromatic carbocycles. The van der Waals surface area contributed by atoms with E-state index in [1.165, 1.54) is 14.7 Å². The normalized spacial score (nSPS) is 8.96. The third-order valence-electron chi connectivity index (χ3n) is 2.94. The predicted molar refractivity (Wildman–Crippen MR) is 91.4 cm³/mol. The smallest absolute Gasteiger partial charge is 0.870 e. The van der Waals surface area contributed by atoms with E-state index in [1.807, 2.05) is 0 Å². The molecule has 0 aliphatic heterocycles. The van der Waals surface area contributed by atoms with Gasteiger partial charge in [-0.25, -0.2) is 0 Å². The topological polar surface area (TPSA) is 73.3 Å². The summed E-state index contributed by atoms with van der Waals surface area (Å²) in [4.78, 5) is 4.08. The van der Waals surface area contributed by atoms with Crippen molar-refractivity contribution in [2.75, 3.05) is 0 Å². The first-order valence-corrected chi connectivity index (χ1v) is 8.06. The van der Waals surface area contributed by atoms with Gasteiger partial charge in [0.15, 0.2) is 22.4 Å².